The molecular formula is C30H40BrFN6O2. The zero-order valence-electron chi connectivity index (χ0n) is 23.3. The molecule has 1 aliphatic rings. The molecule has 0 bridgehead atoms. The highest BCUT2D eigenvalue weighted by Gasteiger charge is 2.23. The lowest BCUT2D eigenvalue weighted by atomic mass is 9.96. The van der Waals surface area contributed by atoms with Crippen LogP contribution in [0.4, 0.5) is 4.39 Å². The molecule has 0 atom stereocenters. The monoisotopic (exact) mass is 614 g/mol. The summed E-state index contributed by atoms with van der Waals surface area (Å²) in [5.41, 5.74) is 9.22. The first kappa shape index (κ1) is 30.0. The maximum atomic E-state index is 14.1. The first-order chi connectivity index (χ1) is 19.2. The number of aromatic nitrogens is 1. The zero-order chi connectivity index (χ0) is 28.6. The lowest BCUT2D eigenvalue weighted by Gasteiger charge is -2.33. The van der Waals surface area contributed by atoms with E-state index in [1.807, 2.05) is 19.9 Å². The lowest BCUT2D eigenvalue weighted by Crippen LogP contribution is -2.41. The van der Waals surface area contributed by atoms with Crippen molar-refractivity contribution in [3.63, 3.8) is 0 Å². The normalized spacial score (nSPS) is 15.2. The Kier molecular flexibility index (Phi) is 10.6. The van der Waals surface area contributed by atoms with E-state index in [0.717, 1.165) is 50.0 Å². The standard InChI is InChI=1S/C30H40BrFN6O2/c1-20(2)19-40-30(39)29-28(25-15-24(32)6-7-27(25)36-29)26(33)18-38(34)17-21-8-11-37(12-9-21)13-10-35-16-22-4-3-5-23(31)14-22/h3-7,14-15,18,20-21,35-36H,8-13,16-17,19,33-34H2,1-2H3/b26-18-. The Bertz CT molecular complexity index is 1320. The SMILES string of the molecule is CC(C)COC(=O)c1[nH]c2ccc(F)cc2c1/C(N)=C/N(N)CC1CCN(CCNCc2cccc(Br)c2)CC1. The first-order valence-corrected chi connectivity index (χ1v) is 14.6. The van der Waals surface area contributed by atoms with Crippen molar-refractivity contribution in [2.24, 2.45) is 23.4 Å². The minimum atomic E-state index is -0.529. The third kappa shape index (κ3) is 8.30. The molecule has 1 fully saturated rings. The number of fused-ring (bicyclic) bond motifs is 1. The predicted octanol–water partition coefficient (Wildman–Crippen LogP) is 4.82. The van der Waals surface area contributed by atoms with E-state index < -0.39 is 11.8 Å². The molecule has 0 spiro atoms. The number of halogens is 2. The second-order valence-corrected chi connectivity index (χ2v) is 11.8. The Morgan fingerprint density at radius 2 is 2.05 bits per heavy atom. The highest BCUT2D eigenvalue weighted by atomic mass is 79.9. The Balaban J connectivity index is 1.31. The molecule has 0 aliphatic carbocycles. The number of nitrogens with two attached hydrogens (primary N) is 2. The Labute approximate surface area is 244 Å². The number of ether oxygens (including phenoxy) is 1. The second-order valence-electron chi connectivity index (χ2n) is 10.9. The van der Waals surface area contributed by atoms with Crippen LogP contribution < -0.4 is 16.9 Å². The van der Waals surface area contributed by atoms with Crippen LogP contribution in [0.5, 0.6) is 0 Å². The molecule has 0 saturated carbocycles. The van der Waals surface area contributed by atoms with Crippen LogP contribution in [0.1, 0.15) is 48.3 Å². The summed E-state index contributed by atoms with van der Waals surface area (Å²) < 4.78 is 20.6. The molecule has 40 heavy (non-hydrogen) atoms. The third-order valence-electron chi connectivity index (χ3n) is 7.11. The fourth-order valence-corrected chi connectivity index (χ4v) is 5.48. The molecule has 1 saturated heterocycles. The molecule has 10 heteroatoms. The van der Waals surface area contributed by atoms with Gasteiger partial charge in [0.25, 0.3) is 0 Å². The van der Waals surface area contributed by atoms with Gasteiger partial charge in [0.2, 0.25) is 0 Å². The van der Waals surface area contributed by atoms with Gasteiger partial charge < -0.3 is 30.7 Å². The van der Waals surface area contributed by atoms with E-state index in [9.17, 15) is 9.18 Å². The van der Waals surface area contributed by atoms with E-state index in [4.69, 9.17) is 16.3 Å². The number of hydrazine groups is 1. The van der Waals surface area contributed by atoms with Gasteiger partial charge in [0.1, 0.15) is 11.5 Å². The molecule has 6 N–H and O–H groups in total. The molecule has 8 nitrogen and oxygen atoms in total. The number of piperidine rings is 1. The molecule has 1 aromatic heterocycles. The van der Waals surface area contributed by atoms with Crippen LogP contribution in [0.15, 0.2) is 53.1 Å². The fourth-order valence-electron chi connectivity index (χ4n) is 5.04. The van der Waals surface area contributed by atoms with Crippen LogP contribution in [0.3, 0.4) is 0 Å². The number of nitrogens with one attached hydrogen (secondary N) is 2. The summed E-state index contributed by atoms with van der Waals surface area (Å²) in [4.78, 5) is 18.4. The second kappa shape index (κ2) is 14.1. The fraction of sp³-hybridized carbons (Fsp3) is 0.433. The van der Waals surface area contributed by atoms with Crippen LogP contribution in [0.25, 0.3) is 16.6 Å². The van der Waals surface area contributed by atoms with Gasteiger partial charge in [-0.1, -0.05) is 41.9 Å². The number of carbonyl (C=O) groups is 1. The summed E-state index contributed by atoms with van der Waals surface area (Å²) in [5, 5.41) is 5.62. The largest absolute Gasteiger partial charge is 0.461 e. The van der Waals surface area contributed by atoms with Gasteiger partial charge in [-0.05, 0) is 73.7 Å². The van der Waals surface area contributed by atoms with Gasteiger partial charge in [0.05, 0.1) is 12.3 Å². The Morgan fingerprint density at radius 3 is 2.77 bits per heavy atom. The van der Waals surface area contributed by atoms with E-state index in [-0.39, 0.29) is 23.9 Å². The van der Waals surface area contributed by atoms with Crippen molar-refractivity contribution in [2.45, 2.75) is 33.2 Å². The number of H-pyrrole nitrogens is 1. The lowest BCUT2D eigenvalue weighted by molar-refractivity contribution is 0.0452. The number of rotatable bonds is 12. The molecule has 4 rings (SSSR count). The smallest absolute Gasteiger partial charge is 0.355 e. The van der Waals surface area contributed by atoms with E-state index in [1.165, 1.54) is 17.7 Å². The first-order valence-electron chi connectivity index (χ1n) is 13.8. The summed E-state index contributed by atoms with van der Waals surface area (Å²) in [6.45, 7) is 9.66. The van der Waals surface area contributed by atoms with E-state index in [2.05, 4.69) is 49.3 Å². The van der Waals surface area contributed by atoms with Crippen LogP contribution in [0, 0.1) is 17.7 Å². The van der Waals surface area contributed by atoms with Crippen LogP contribution >= 0.6 is 15.9 Å². The highest BCUT2D eigenvalue weighted by Crippen LogP contribution is 2.29. The maximum Gasteiger partial charge on any atom is 0.355 e. The van der Waals surface area contributed by atoms with Crippen molar-refractivity contribution in [2.75, 3.05) is 39.3 Å². The number of carbonyl (C=O) groups excluding carboxylic acids is 1. The minimum Gasteiger partial charge on any atom is -0.461 e. The Morgan fingerprint density at radius 1 is 1.27 bits per heavy atom. The zero-order valence-corrected chi connectivity index (χ0v) is 24.8. The van der Waals surface area contributed by atoms with Gasteiger partial charge >= 0.3 is 5.97 Å². The molecular weight excluding hydrogens is 575 g/mol. The number of likely N-dealkylation sites (tertiary alicyclic amines) is 1. The van der Waals surface area contributed by atoms with Gasteiger partial charge in [0.15, 0.2) is 0 Å². The van der Waals surface area contributed by atoms with Crippen molar-refractivity contribution in [1.29, 1.82) is 0 Å². The van der Waals surface area contributed by atoms with E-state index in [0.29, 0.717) is 28.9 Å². The van der Waals surface area contributed by atoms with Crippen molar-refractivity contribution >= 4 is 38.5 Å². The van der Waals surface area contributed by atoms with Gasteiger partial charge in [-0.15, -0.1) is 0 Å². The summed E-state index contributed by atoms with van der Waals surface area (Å²) in [6.07, 6.45) is 3.71. The number of nitrogens with zero attached hydrogens (tertiary/aromatic N) is 2. The molecule has 0 amide bonds. The topological polar surface area (TPSA) is 113 Å². The van der Waals surface area contributed by atoms with Crippen molar-refractivity contribution in [3.05, 3.63) is 75.8 Å². The maximum absolute atomic E-state index is 14.1. The number of benzene rings is 2. The van der Waals surface area contributed by atoms with E-state index >= 15 is 0 Å². The van der Waals surface area contributed by atoms with Crippen LogP contribution in [0.2, 0.25) is 0 Å². The average molecular weight is 616 g/mol. The van der Waals surface area contributed by atoms with Gasteiger partial charge in [-0.2, -0.15) is 0 Å². The van der Waals surface area contributed by atoms with Crippen molar-refractivity contribution in [1.82, 2.24) is 20.2 Å². The van der Waals surface area contributed by atoms with Crippen LogP contribution in [-0.4, -0.2) is 60.2 Å². The number of aromatic amines is 1. The molecule has 0 unspecified atom stereocenters. The predicted molar refractivity (Wildman–Crippen MR) is 161 cm³/mol. The number of esters is 1. The summed E-state index contributed by atoms with van der Waals surface area (Å²) in [7, 11) is 0. The minimum absolute atomic E-state index is 0.182. The molecule has 216 valence electrons. The quantitative estimate of drug-likeness (QED) is 0.100. The molecule has 1 aliphatic heterocycles. The molecule has 0 radical (unpaired) electrons. The third-order valence-corrected chi connectivity index (χ3v) is 7.60. The van der Waals surface area contributed by atoms with Gasteiger partial charge in [-0.3, -0.25) is 0 Å². The average Bonchev–Trinajstić information content (AvgIpc) is 3.29. The van der Waals surface area contributed by atoms with Gasteiger partial charge in [0, 0.05) is 53.3 Å². The summed E-state index contributed by atoms with van der Waals surface area (Å²) in [5.74, 6) is 6.02. The summed E-state index contributed by atoms with van der Waals surface area (Å²) >= 11 is 3.52. The van der Waals surface area contributed by atoms with Crippen LogP contribution in [-0.2, 0) is 11.3 Å². The summed E-state index contributed by atoms with van der Waals surface area (Å²) in [6, 6.07) is 12.6. The van der Waals surface area contributed by atoms with E-state index in [1.54, 1.807) is 17.3 Å². The van der Waals surface area contributed by atoms with Crippen molar-refractivity contribution in [3.8, 4) is 0 Å². The molecule has 2 heterocycles. The number of hydrogen-bond donors (Lipinski definition) is 4. The molecule has 2 aromatic carbocycles. The highest BCUT2D eigenvalue weighted by molar-refractivity contribution is 9.10. The molecule has 3 aromatic rings. The van der Waals surface area contributed by atoms with Crippen molar-refractivity contribution < 1.29 is 13.9 Å². The Hall–Kier alpha value is -2.92. The van der Waals surface area contributed by atoms with Gasteiger partial charge in [-0.25, -0.2) is 15.0 Å². The number of hydrogen-bond acceptors (Lipinski definition) is 7.